The number of esters is 1. The van der Waals surface area contributed by atoms with E-state index in [9.17, 15) is 9.18 Å². The zero-order chi connectivity index (χ0) is 27.3. The van der Waals surface area contributed by atoms with Crippen LogP contribution in [0.1, 0.15) is 62.6 Å². The molecule has 3 aromatic rings. The van der Waals surface area contributed by atoms with Gasteiger partial charge in [-0.3, -0.25) is 4.79 Å². The second-order valence-corrected chi connectivity index (χ2v) is 10.8. The number of carbonyl (C=O) groups is 1. The topological polar surface area (TPSA) is 54.0 Å². The molecule has 0 aromatic heterocycles. The summed E-state index contributed by atoms with van der Waals surface area (Å²) < 4.78 is 37.3. The van der Waals surface area contributed by atoms with Crippen molar-refractivity contribution in [3.05, 3.63) is 83.2 Å². The van der Waals surface area contributed by atoms with Crippen molar-refractivity contribution in [1.82, 2.24) is 0 Å². The molecule has 0 spiro atoms. The van der Waals surface area contributed by atoms with E-state index in [4.69, 9.17) is 18.9 Å². The molecule has 6 heteroatoms. The van der Waals surface area contributed by atoms with Gasteiger partial charge in [-0.25, -0.2) is 4.39 Å². The summed E-state index contributed by atoms with van der Waals surface area (Å²) in [6.07, 6.45) is 2.64. The molecule has 0 aliphatic heterocycles. The summed E-state index contributed by atoms with van der Waals surface area (Å²) in [6.45, 7) is 6.66. The maximum absolute atomic E-state index is 14.8. The van der Waals surface area contributed by atoms with Gasteiger partial charge in [0.2, 0.25) is 0 Å². The number of carbonyl (C=O) groups excluding carboxylic acids is 1. The number of rotatable bonds is 11. The summed E-state index contributed by atoms with van der Waals surface area (Å²) >= 11 is 0. The maximum Gasteiger partial charge on any atom is 0.306 e. The lowest BCUT2D eigenvalue weighted by Gasteiger charge is -2.22. The Balaban J connectivity index is 1.55. The number of halogens is 1. The average molecular weight is 521 g/mol. The first-order chi connectivity index (χ1) is 18.2. The Morgan fingerprint density at radius 1 is 0.947 bits per heavy atom. The minimum atomic E-state index is -0.348. The van der Waals surface area contributed by atoms with Crippen LogP contribution < -0.4 is 9.47 Å². The number of benzene rings is 3. The third-order valence-electron chi connectivity index (χ3n) is 6.79. The smallest absolute Gasteiger partial charge is 0.306 e. The molecule has 4 rings (SSSR count). The molecule has 0 heterocycles. The third kappa shape index (κ3) is 7.35. The Labute approximate surface area is 224 Å². The molecule has 1 atom stereocenters. The molecule has 1 aliphatic carbocycles. The van der Waals surface area contributed by atoms with E-state index in [0.717, 1.165) is 40.8 Å². The first-order valence-electron chi connectivity index (χ1n) is 13.1. The van der Waals surface area contributed by atoms with E-state index >= 15 is 0 Å². The highest BCUT2D eigenvalue weighted by Gasteiger charge is 2.34. The second kappa shape index (κ2) is 12.0. The highest BCUT2D eigenvalue weighted by atomic mass is 19.1. The molecule has 1 saturated carbocycles. The lowest BCUT2D eigenvalue weighted by atomic mass is 9.91. The molecule has 1 aliphatic rings. The molecule has 0 radical (unpaired) electrons. The molecule has 202 valence electrons. The fraction of sp³-hybridized carbons (Fsp3) is 0.406. The van der Waals surface area contributed by atoms with Gasteiger partial charge in [0, 0.05) is 5.56 Å². The largest absolute Gasteiger partial charge is 0.497 e. The van der Waals surface area contributed by atoms with Gasteiger partial charge in [0.25, 0.3) is 0 Å². The predicted molar refractivity (Wildman–Crippen MR) is 146 cm³/mol. The summed E-state index contributed by atoms with van der Waals surface area (Å²) in [5.74, 6) is 1.48. The van der Waals surface area contributed by atoms with Crippen LogP contribution in [0.5, 0.6) is 11.5 Å². The van der Waals surface area contributed by atoms with Crippen molar-refractivity contribution < 1.29 is 28.1 Å². The molecule has 3 aromatic carbocycles. The van der Waals surface area contributed by atoms with Crippen LogP contribution in [-0.2, 0) is 27.5 Å². The lowest BCUT2D eigenvalue weighted by molar-refractivity contribution is -0.141. The lowest BCUT2D eigenvalue weighted by Crippen LogP contribution is -2.19. The number of hydrogen-bond donors (Lipinski definition) is 0. The van der Waals surface area contributed by atoms with E-state index in [0.29, 0.717) is 36.9 Å². The molecule has 38 heavy (non-hydrogen) atoms. The van der Waals surface area contributed by atoms with Gasteiger partial charge in [-0.1, -0.05) is 24.3 Å². The highest BCUT2D eigenvalue weighted by Crippen LogP contribution is 2.45. The molecule has 5 nitrogen and oxygen atoms in total. The number of hydrogen-bond acceptors (Lipinski definition) is 5. The molecule has 0 amide bonds. The molecular formula is C32H37FO5. The Morgan fingerprint density at radius 2 is 1.74 bits per heavy atom. The first-order valence-corrected chi connectivity index (χ1v) is 13.1. The summed E-state index contributed by atoms with van der Waals surface area (Å²) in [6, 6.07) is 18.6. The van der Waals surface area contributed by atoms with Crippen LogP contribution in [-0.4, -0.2) is 25.8 Å². The van der Waals surface area contributed by atoms with Gasteiger partial charge in [0.1, 0.15) is 23.9 Å². The Kier molecular flexibility index (Phi) is 8.72. The van der Waals surface area contributed by atoms with Gasteiger partial charge >= 0.3 is 5.97 Å². The standard InChI is InChI=1S/C32H37FO5/c1-32(2,3)38-20-24-15-21(9-13-27(24)29-17-25(35-4)12-14-30(29)33)19-37-26-8-6-7-23(16-26)28(22-10-11-22)18-31(34)36-5/h6-9,12-17,22,28H,10-11,18-20H2,1-5H3/t28-/m0/s1. The molecule has 0 saturated heterocycles. The maximum atomic E-state index is 14.8. The zero-order valence-electron chi connectivity index (χ0n) is 22.9. The quantitative estimate of drug-likeness (QED) is 0.246. The fourth-order valence-corrected chi connectivity index (χ4v) is 4.57. The van der Waals surface area contributed by atoms with Crippen molar-refractivity contribution in [2.75, 3.05) is 14.2 Å². The van der Waals surface area contributed by atoms with Crippen molar-refractivity contribution in [2.24, 2.45) is 5.92 Å². The number of ether oxygens (including phenoxy) is 4. The number of methoxy groups -OCH3 is 2. The first kappa shape index (κ1) is 27.6. The summed E-state index contributed by atoms with van der Waals surface area (Å²) in [4.78, 5) is 12.0. The molecule has 1 fully saturated rings. The van der Waals surface area contributed by atoms with Crippen molar-refractivity contribution in [3.8, 4) is 22.6 Å². The second-order valence-electron chi connectivity index (χ2n) is 10.8. The zero-order valence-corrected chi connectivity index (χ0v) is 22.9. The van der Waals surface area contributed by atoms with Crippen molar-refractivity contribution in [2.45, 2.75) is 64.8 Å². The van der Waals surface area contributed by atoms with E-state index in [1.54, 1.807) is 19.2 Å². The predicted octanol–water partition coefficient (Wildman–Crippen LogP) is 7.45. The molecule has 0 unspecified atom stereocenters. The Hall–Kier alpha value is -3.38. The SMILES string of the molecule is COC(=O)C[C@H](c1cccc(OCc2ccc(-c3cc(OC)ccc3F)c(COC(C)(C)C)c2)c1)C1CC1. The highest BCUT2D eigenvalue weighted by molar-refractivity contribution is 5.71. The van der Waals surface area contributed by atoms with Gasteiger partial charge < -0.3 is 18.9 Å². The van der Waals surface area contributed by atoms with E-state index in [1.165, 1.54) is 13.2 Å². The van der Waals surface area contributed by atoms with Crippen molar-refractivity contribution >= 4 is 5.97 Å². The normalized spacial score (nSPS) is 14.2. The van der Waals surface area contributed by atoms with Crippen molar-refractivity contribution in [3.63, 3.8) is 0 Å². The van der Waals surface area contributed by atoms with Gasteiger partial charge in [-0.2, -0.15) is 0 Å². The van der Waals surface area contributed by atoms with Crippen LogP contribution in [0.15, 0.2) is 60.7 Å². The van der Waals surface area contributed by atoms with Crippen LogP contribution in [0.2, 0.25) is 0 Å². The van der Waals surface area contributed by atoms with Gasteiger partial charge in [-0.05, 0) is 104 Å². The minimum absolute atomic E-state index is 0.143. The molecule has 0 N–H and O–H groups in total. The van der Waals surface area contributed by atoms with Gasteiger partial charge in [-0.15, -0.1) is 0 Å². The van der Waals surface area contributed by atoms with Crippen LogP contribution in [0, 0.1) is 11.7 Å². The Morgan fingerprint density at radius 3 is 2.42 bits per heavy atom. The van der Waals surface area contributed by atoms with Crippen molar-refractivity contribution in [1.29, 1.82) is 0 Å². The van der Waals surface area contributed by atoms with Gasteiger partial charge in [0.05, 0.1) is 32.8 Å². The van der Waals surface area contributed by atoms with Gasteiger partial charge in [0.15, 0.2) is 0 Å². The van der Waals surface area contributed by atoms with Crippen LogP contribution in [0.25, 0.3) is 11.1 Å². The molecule has 0 bridgehead atoms. The van der Waals surface area contributed by atoms with E-state index in [2.05, 4.69) is 6.07 Å². The third-order valence-corrected chi connectivity index (χ3v) is 6.79. The minimum Gasteiger partial charge on any atom is -0.497 e. The van der Waals surface area contributed by atoms with Crippen LogP contribution in [0.3, 0.4) is 0 Å². The summed E-state index contributed by atoms with van der Waals surface area (Å²) in [7, 11) is 3.00. The fourth-order valence-electron chi connectivity index (χ4n) is 4.57. The van der Waals surface area contributed by atoms with E-state index in [1.807, 2.05) is 57.2 Å². The van der Waals surface area contributed by atoms with E-state index < -0.39 is 0 Å². The monoisotopic (exact) mass is 520 g/mol. The Bertz CT molecular complexity index is 1260. The van der Waals surface area contributed by atoms with E-state index in [-0.39, 0.29) is 23.3 Å². The van der Waals surface area contributed by atoms with Crippen LogP contribution >= 0.6 is 0 Å². The van der Waals surface area contributed by atoms with Crippen LogP contribution in [0.4, 0.5) is 4.39 Å². The average Bonchev–Trinajstić information content (AvgIpc) is 3.75. The summed E-state index contributed by atoms with van der Waals surface area (Å²) in [5, 5.41) is 0. The molecular weight excluding hydrogens is 483 g/mol. The summed E-state index contributed by atoms with van der Waals surface area (Å²) in [5.41, 5.74) is 3.79.